The van der Waals surface area contributed by atoms with Gasteiger partial charge in [-0.25, -0.2) is 4.98 Å². The third-order valence-electron chi connectivity index (χ3n) is 5.82. The Labute approximate surface area is 148 Å². The lowest BCUT2D eigenvalue weighted by Gasteiger charge is -2.29. The fraction of sp³-hybridized carbons (Fsp3) is 0.611. The van der Waals surface area contributed by atoms with Crippen molar-refractivity contribution in [3.63, 3.8) is 0 Å². The molecule has 1 atom stereocenters. The smallest absolute Gasteiger partial charge is 0.257 e. The largest absolute Gasteiger partial charge is 0.337 e. The first-order valence-electron chi connectivity index (χ1n) is 9.13. The summed E-state index contributed by atoms with van der Waals surface area (Å²) in [5.74, 6) is 0.996. The molecule has 25 heavy (non-hydrogen) atoms. The maximum Gasteiger partial charge on any atom is 0.257 e. The molecule has 1 aliphatic heterocycles. The highest BCUT2D eigenvalue weighted by Crippen LogP contribution is 2.56. The van der Waals surface area contributed by atoms with Crippen LogP contribution in [0, 0.1) is 5.41 Å². The van der Waals surface area contributed by atoms with Crippen LogP contribution in [0.15, 0.2) is 24.8 Å². The number of nitrogens with one attached hydrogen (secondary N) is 1. The molecule has 7 nitrogen and oxygen atoms in total. The normalized spacial score (nSPS) is 21.4. The molecule has 4 rings (SSSR count). The molecular weight excluding hydrogens is 316 g/mol. The second-order valence-corrected chi connectivity index (χ2v) is 7.30. The van der Waals surface area contributed by atoms with Gasteiger partial charge >= 0.3 is 0 Å². The van der Waals surface area contributed by atoms with E-state index in [1.165, 1.54) is 0 Å². The number of hydrogen-bond acceptors (Lipinski definition) is 4. The molecule has 0 aromatic carbocycles. The third kappa shape index (κ3) is 2.97. The number of carbonyl (C=O) groups is 1. The van der Waals surface area contributed by atoms with Crippen LogP contribution in [0.1, 0.15) is 42.4 Å². The fourth-order valence-corrected chi connectivity index (χ4v) is 4.07. The number of nitrogens with zero attached hydrogens (tertiary/aromatic N) is 5. The summed E-state index contributed by atoms with van der Waals surface area (Å²) in [6.07, 6.45) is 10.7. The van der Waals surface area contributed by atoms with Crippen molar-refractivity contribution in [1.29, 1.82) is 0 Å². The Morgan fingerprint density at radius 3 is 2.88 bits per heavy atom. The monoisotopic (exact) mass is 342 g/mol. The van der Waals surface area contributed by atoms with Crippen molar-refractivity contribution in [2.24, 2.45) is 12.5 Å². The van der Waals surface area contributed by atoms with Crippen molar-refractivity contribution in [3.05, 3.63) is 36.2 Å². The Hall–Kier alpha value is -2.15. The Bertz CT molecular complexity index is 757. The Morgan fingerprint density at radius 2 is 2.24 bits per heavy atom. The lowest BCUT2D eigenvalue weighted by molar-refractivity contribution is 0.0685. The minimum atomic E-state index is 0.0723. The SMILES string of the molecule is CCn1cc(C(=O)N(Cc2nccn2C)[C@@H]2CC23CCNCC3)cn1. The van der Waals surface area contributed by atoms with Gasteiger partial charge in [-0.1, -0.05) is 0 Å². The number of amides is 1. The molecule has 1 saturated heterocycles. The van der Waals surface area contributed by atoms with Gasteiger partial charge in [0.15, 0.2) is 0 Å². The molecule has 2 fully saturated rings. The van der Waals surface area contributed by atoms with Crippen LogP contribution >= 0.6 is 0 Å². The summed E-state index contributed by atoms with van der Waals surface area (Å²) in [6, 6.07) is 0.309. The summed E-state index contributed by atoms with van der Waals surface area (Å²) < 4.78 is 3.80. The van der Waals surface area contributed by atoms with Gasteiger partial charge in [0, 0.05) is 38.2 Å². The van der Waals surface area contributed by atoms with Gasteiger partial charge in [0.2, 0.25) is 0 Å². The first kappa shape index (κ1) is 16.3. The second-order valence-electron chi connectivity index (χ2n) is 7.30. The van der Waals surface area contributed by atoms with Crippen molar-refractivity contribution in [2.45, 2.75) is 45.3 Å². The van der Waals surface area contributed by atoms with Crippen LogP contribution in [-0.4, -0.2) is 49.3 Å². The predicted octanol–water partition coefficient (Wildman–Crippen LogP) is 1.42. The second kappa shape index (κ2) is 6.29. The Kier molecular flexibility index (Phi) is 4.11. The first-order valence-corrected chi connectivity index (χ1v) is 9.13. The minimum absolute atomic E-state index is 0.0723. The maximum absolute atomic E-state index is 13.2. The van der Waals surface area contributed by atoms with E-state index in [1.807, 2.05) is 35.8 Å². The number of hydrogen-bond donors (Lipinski definition) is 1. The molecule has 0 radical (unpaired) electrons. The summed E-state index contributed by atoms with van der Waals surface area (Å²) in [5.41, 5.74) is 0.972. The zero-order valence-corrected chi connectivity index (χ0v) is 15.0. The van der Waals surface area contributed by atoms with E-state index in [4.69, 9.17) is 0 Å². The summed E-state index contributed by atoms with van der Waals surface area (Å²) in [4.78, 5) is 19.7. The van der Waals surface area contributed by atoms with Crippen molar-refractivity contribution in [2.75, 3.05) is 13.1 Å². The lowest BCUT2D eigenvalue weighted by atomic mass is 9.93. The van der Waals surface area contributed by atoms with Crippen molar-refractivity contribution < 1.29 is 4.79 Å². The van der Waals surface area contributed by atoms with Crippen LogP contribution in [-0.2, 0) is 20.1 Å². The predicted molar refractivity (Wildman–Crippen MR) is 93.9 cm³/mol. The summed E-state index contributed by atoms with van der Waals surface area (Å²) in [6.45, 7) is 5.45. The molecule has 2 aromatic heterocycles. The number of aromatic nitrogens is 4. The van der Waals surface area contributed by atoms with E-state index in [0.29, 0.717) is 23.6 Å². The summed E-state index contributed by atoms with van der Waals surface area (Å²) in [7, 11) is 1.98. The van der Waals surface area contributed by atoms with Gasteiger partial charge in [0.1, 0.15) is 5.82 Å². The summed E-state index contributed by atoms with van der Waals surface area (Å²) >= 11 is 0. The molecule has 1 saturated carbocycles. The average molecular weight is 342 g/mol. The van der Waals surface area contributed by atoms with Gasteiger partial charge in [0.25, 0.3) is 5.91 Å². The molecule has 2 aromatic rings. The quantitative estimate of drug-likeness (QED) is 0.892. The van der Waals surface area contributed by atoms with Crippen LogP contribution in [0.25, 0.3) is 0 Å². The molecule has 0 unspecified atom stereocenters. The Balaban J connectivity index is 1.59. The molecule has 1 spiro atoms. The van der Waals surface area contributed by atoms with Crippen molar-refractivity contribution in [1.82, 2.24) is 29.5 Å². The van der Waals surface area contributed by atoms with E-state index in [9.17, 15) is 4.79 Å². The van der Waals surface area contributed by atoms with Gasteiger partial charge in [-0.05, 0) is 44.7 Å². The molecule has 1 N–H and O–H groups in total. The van der Waals surface area contributed by atoms with Crippen LogP contribution in [0.3, 0.4) is 0 Å². The van der Waals surface area contributed by atoms with E-state index >= 15 is 0 Å². The molecule has 1 aliphatic carbocycles. The van der Waals surface area contributed by atoms with Crippen molar-refractivity contribution >= 4 is 5.91 Å². The van der Waals surface area contributed by atoms with E-state index in [0.717, 1.165) is 44.7 Å². The Morgan fingerprint density at radius 1 is 1.44 bits per heavy atom. The van der Waals surface area contributed by atoms with Crippen LogP contribution in [0.5, 0.6) is 0 Å². The van der Waals surface area contributed by atoms with E-state index in [1.54, 1.807) is 17.1 Å². The number of imidazole rings is 1. The van der Waals surface area contributed by atoms with Gasteiger partial charge < -0.3 is 14.8 Å². The average Bonchev–Trinajstić information content (AvgIpc) is 3.00. The first-order chi connectivity index (χ1) is 12.1. The topological polar surface area (TPSA) is 68.0 Å². The number of piperidine rings is 1. The molecule has 1 amide bonds. The molecule has 134 valence electrons. The fourth-order valence-electron chi connectivity index (χ4n) is 4.07. The van der Waals surface area contributed by atoms with E-state index < -0.39 is 0 Å². The van der Waals surface area contributed by atoms with E-state index in [-0.39, 0.29) is 5.91 Å². The third-order valence-corrected chi connectivity index (χ3v) is 5.82. The maximum atomic E-state index is 13.2. The molecule has 7 heteroatoms. The molecule has 3 heterocycles. The van der Waals surface area contributed by atoms with Crippen molar-refractivity contribution in [3.8, 4) is 0 Å². The van der Waals surface area contributed by atoms with Gasteiger partial charge in [-0.2, -0.15) is 5.10 Å². The highest BCUT2D eigenvalue weighted by Gasteiger charge is 2.58. The standard InChI is InChI=1S/C18H26N6O/c1-3-23-12-14(11-21-23)17(25)24(13-16-20-8-9-22(16)2)15-10-18(15)4-6-19-7-5-18/h8-9,11-12,15,19H,3-7,10,13H2,1-2H3/t15-/m1/s1. The number of carbonyl (C=O) groups excluding carboxylic acids is 1. The lowest BCUT2D eigenvalue weighted by Crippen LogP contribution is -2.39. The zero-order valence-electron chi connectivity index (χ0n) is 15.0. The van der Waals surface area contributed by atoms with Gasteiger partial charge in [0.05, 0.1) is 18.3 Å². The van der Waals surface area contributed by atoms with Gasteiger partial charge in [-0.3, -0.25) is 9.48 Å². The molecular formula is C18H26N6O. The van der Waals surface area contributed by atoms with Crippen LogP contribution in [0.4, 0.5) is 0 Å². The van der Waals surface area contributed by atoms with Gasteiger partial charge in [-0.15, -0.1) is 0 Å². The van der Waals surface area contributed by atoms with Crippen LogP contribution in [0.2, 0.25) is 0 Å². The molecule has 0 bridgehead atoms. The van der Waals surface area contributed by atoms with E-state index in [2.05, 4.69) is 15.4 Å². The molecule has 2 aliphatic rings. The summed E-state index contributed by atoms with van der Waals surface area (Å²) in [5, 5.41) is 7.71. The van der Waals surface area contributed by atoms with Crippen LogP contribution < -0.4 is 5.32 Å². The number of rotatable bonds is 5. The minimum Gasteiger partial charge on any atom is -0.337 e. The number of aryl methyl sites for hydroxylation is 2. The zero-order chi connectivity index (χ0) is 17.4. The highest BCUT2D eigenvalue weighted by atomic mass is 16.2. The highest BCUT2D eigenvalue weighted by molar-refractivity contribution is 5.94.